The molecule has 1 fully saturated rings. The third-order valence-corrected chi connectivity index (χ3v) is 2.69. The molecule has 0 N–H and O–H groups in total. The summed E-state index contributed by atoms with van der Waals surface area (Å²) >= 11 is 0. The fraction of sp³-hybridized carbons (Fsp3) is 0.692. The van der Waals surface area contributed by atoms with E-state index in [4.69, 9.17) is 9.47 Å². The summed E-state index contributed by atoms with van der Waals surface area (Å²) in [4.78, 5) is 24.1. The van der Waals surface area contributed by atoms with Crippen molar-refractivity contribution in [2.75, 3.05) is 32.9 Å². The van der Waals surface area contributed by atoms with Gasteiger partial charge in [-0.1, -0.05) is 6.58 Å². The second-order valence-corrected chi connectivity index (χ2v) is 4.37. The van der Waals surface area contributed by atoms with Crippen molar-refractivity contribution in [3.63, 3.8) is 0 Å². The van der Waals surface area contributed by atoms with Crippen molar-refractivity contribution in [1.29, 1.82) is 0 Å². The van der Waals surface area contributed by atoms with Gasteiger partial charge in [0, 0.05) is 38.1 Å². The van der Waals surface area contributed by atoms with Gasteiger partial charge in [-0.15, -0.1) is 0 Å². The Morgan fingerprint density at radius 1 is 1.39 bits per heavy atom. The Morgan fingerprint density at radius 2 is 2.17 bits per heavy atom. The van der Waals surface area contributed by atoms with E-state index in [2.05, 4.69) is 6.58 Å². The highest BCUT2D eigenvalue weighted by molar-refractivity contribution is 5.86. The zero-order valence-corrected chi connectivity index (χ0v) is 10.9. The van der Waals surface area contributed by atoms with E-state index in [1.165, 1.54) is 0 Å². The molecule has 1 aliphatic heterocycles. The number of hydrogen-bond acceptors (Lipinski definition) is 4. The van der Waals surface area contributed by atoms with Gasteiger partial charge >= 0.3 is 5.97 Å². The summed E-state index contributed by atoms with van der Waals surface area (Å²) in [6, 6.07) is 0. The second-order valence-electron chi connectivity index (χ2n) is 4.37. The Kier molecular flexibility index (Phi) is 6.43. The lowest BCUT2D eigenvalue weighted by atomic mass is 10.4. The first-order valence-electron chi connectivity index (χ1n) is 6.29. The van der Waals surface area contributed by atoms with Gasteiger partial charge in [0.1, 0.15) is 0 Å². The maximum atomic E-state index is 11.3. The molecule has 1 amide bonds. The number of amides is 1. The molecule has 0 bridgehead atoms. The molecule has 5 nitrogen and oxygen atoms in total. The largest absolute Gasteiger partial charge is 0.462 e. The predicted molar refractivity (Wildman–Crippen MR) is 67.0 cm³/mol. The van der Waals surface area contributed by atoms with Crippen LogP contribution in [0.2, 0.25) is 0 Å². The van der Waals surface area contributed by atoms with Crippen LogP contribution in [0, 0.1) is 0 Å². The first-order chi connectivity index (χ1) is 8.61. The minimum atomic E-state index is -0.363. The molecule has 0 atom stereocenters. The molecule has 0 aromatic rings. The Morgan fingerprint density at radius 3 is 2.78 bits per heavy atom. The third kappa shape index (κ3) is 5.31. The van der Waals surface area contributed by atoms with E-state index in [9.17, 15) is 9.59 Å². The number of nitrogens with zero attached hydrogens (tertiary/aromatic N) is 1. The summed E-state index contributed by atoms with van der Waals surface area (Å²) in [7, 11) is 0. The van der Waals surface area contributed by atoms with Crippen LogP contribution in [0.15, 0.2) is 12.2 Å². The van der Waals surface area contributed by atoms with Crippen molar-refractivity contribution in [3.05, 3.63) is 12.2 Å². The van der Waals surface area contributed by atoms with Crippen molar-refractivity contribution >= 4 is 11.9 Å². The van der Waals surface area contributed by atoms with Crippen LogP contribution in [0.1, 0.15) is 26.2 Å². The van der Waals surface area contributed by atoms with Crippen molar-refractivity contribution in [3.8, 4) is 0 Å². The number of hydrogen-bond donors (Lipinski definition) is 0. The van der Waals surface area contributed by atoms with Gasteiger partial charge in [0.05, 0.1) is 13.2 Å². The maximum Gasteiger partial charge on any atom is 0.333 e. The van der Waals surface area contributed by atoms with Gasteiger partial charge < -0.3 is 14.4 Å². The molecular weight excluding hydrogens is 234 g/mol. The van der Waals surface area contributed by atoms with E-state index in [-0.39, 0.29) is 11.9 Å². The van der Waals surface area contributed by atoms with Crippen molar-refractivity contribution in [2.45, 2.75) is 26.2 Å². The predicted octanol–water partition coefficient (Wildman–Crippen LogP) is 1.13. The SMILES string of the molecule is C=C(C)C(=O)OCCCOCCN1CCCC1=O. The fourth-order valence-corrected chi connectivity index (χ4v) is 1.67. The Hall–Kier alpha value is -1.36. The summed E-state index contributed by atoms with van der Waals surface area (Å²) in [6.07, 6.45) is 2.28. The molecule has 5 heteroatoms. The van der Waals surface area contributed by atoms with Crippen LogP contribution in [0.3, 0.4) is 0 Å². The van der Waals surface area contributed by atoms with Gasteiger partial charge in [0.2, 0.25) is 5.91 Å². The van der Waals surface area contributed by atoms with Gasteiger partial charge in [0.25, 0.3) is 0 Å². The molecule has 102 valence electrons. The molecule has 0 aliphatic carbocycles. The highest BCUT2D eigenvalue weighted by Gasteiger charge is 2.18. The van der Waals surface area contributed by atoms with E-state index in [0.29, 0.717) is 44.8 Å². The summed E-state index contributed by atoms with van der Waals surface area (Å²) in [5.41, 5.74) is 0.406. The number of rotatable bonds is 8. The van der Waals surface area contributed by atoms with E-state index < -0.39 is 0 Å². The molecule has 1 aliphatic rings. The number of carbonyl (C=O) groups excluding carboxylic acids is 2. The van der Waals surface area contributed by atoms with Crippen molar-refractivity contribution in [1.82, 2.24) is 4.90 Å². The van der Waals surface area contributed by atoms with Crippen LogP contribution in [0.25, 0.3) is 0 Å². The van der Waals surface area contributed by atoms with Gasteiger partial charge in [0.15, 0.2) is 0 Å². The van der Waals surface area contributed by atoms with Crippen molar-refractivity contribution < 1.29 is 19.1 Å². The lowest BCUT2D eigenvalue weighted by molar-refractivity contribution is -0.139. The van der Waals surface area contributed by atoms with Crippen LogP contribution < -0.4 is 0 Å². The van der Waals surface area contributed by atoms with Gasteiger partial charge in [-0.2, -0.15) is 0 Å². The number of likely N-dealkylation sites (tertiary alicyclic amines) is 1. The number of carbonyl (C=O) groups is 2. The van der Waals surface area contributed by atoms with E-state index in [0.717, 1.165) is 13.0 Å². The molecule has 18 heavy (non-hydrogen) atoms. The molecule has 0 spiro atoms. The average molecular weight is 255 g/mol. The first-order valence-corrected chi connectivity index (χ1v) is 6.29. The summed E-state index contributed by atoms with van der Waals surface area (Å²) in [5.74, 6) is -0.147. The highest BCUT2D eigenvalue weighted by atomic mass is 16.5. The Labute approximate surface area is 108 Å². The minimum absolute atomic E-state index is 0.217. The minimum Gasteiger partial charge on any atom is -0.462 e. The summed E-state index contributed by atoms with van der Waals surface area (Å²) < 4.78 is 10.3. The Balaban J connectivity index is 1.91. The van der Waals surface area contributed by atoms with Gasteiger partial charge in [-0.05, 0) is 13.3 Å². The lowest BCUT2D eigenvalue weighted by Gasteiger charge is -2.15. The molecule has 0 aromatic heterocycles. The molecule has 0 aromatic carbocycles. The zero-order valence-electron chi connectivity index (χ0n) is 10.9. The lowest BCUT2D eigenvalue weighted by Crippen LogP contribution is -2.28. The maximum absolute atomic E-state index is 11.3. The highest BCUT2D eigenvalue weighted by Crippen LogP contribution is 2.08. The van der Waals surface area contributed by atoms with E-state index in [1.807, 2.05) is 4.90 Å². The molecule has 1 saturated heterocycles. The topological polar surface area (TPSA) is 55.8 Å². The third-order valence-electron chi connectivity index (χ3n) is 2.69. The van der Waals surface area contributed by atoms with Crippen LogP contribution in [-0.2, 0) is 19.1 Å². The summed E-state index contributed by atoms with van der Waals surface area (Å²) in [6.45, 7) is 8.03. The molecule has 1 rings (SSSR count). The van der Waals surface area contributed by atoms with Crippen LogP contribution >= 0.6 is 0 Å². The smallest absolute Gasteiger partial charge is 0.333 e. The molecular formula is C13H21NO4. The molecule has 1 heterocycles. The normalized spacial score (nSPS) is 14.9. The zero-order chi connectivity index (χ0) is 13.4. The molecule has 0 radical (unpaired) electrons. The first kappa shape index (κ1) is 14.7. The molecule has 0 saturated carbocycles. The van der Waals surface area contributed by atoms with Crippen LogP contribution in [0.5, 0.6) is 0 Å². The van der Waals surface area contributed by atoms with Crippen molar-refractivity contribution in [2.24, 2.45) is 0 Å². The standard InChI is InChI=1S/C13H21NO4/c1-11(2)13(16)18-9-4-8-17-10-7-14-6-3-5-12(14)15/h1,3-10H2,2H3. The molecule has 0 unspecified atom stereocenters. The Bertz CT molecular complexity index is 314. The van der Waals surface area contributed by atoms with Crippen LogP contribution in [-0.4, -0.2) is 49.7 Å². The van der Waals surface area contributed by atoms with E-state index in [1.54, 1.807) is 6.92 Å². The van der Waals surface area contributed by atoms with Gasteiger partial charge in [-0.25, -0.2) is 4.79 Å². The number of ether oxygens (including phenoxy) is 2. The van der Waals surface area contributed by atoms with Gasteiger partial charge in [-0.3, -0.25) is 4.79 Å². The van der Waals surface area contributed by atoms with Crippen LogP contribution in [0.4, 0.5) is 0 Å². The second kappa shape index (κ2) is 7.87. The fourth-order valence-electron chi connectivity index (χ4n) is 1.67. The summed E-state index contributed by atoms with van der Waals surface area (Å²) in [5, 5.41) is 0. The quantitative estimate of drug-likeness (QED) is 0.371. The van der Waals surface area contributed by atoms with E-state index >= 15 is 0 Å². The monoisotopic (exact) mass is 255 g/mol. The number of esters is 1. The average Bonchev–Trinajstić information content (AvgIpc) is 2.73.